The first-order valence-corrected chi connectivity index (χ1v) is 5.24. The van der Waals surface area contributed by atoms with Gasteiger partial charge in [-0.25, -0.2) is 0 Å². The predicted molar refractivity (Wildman–Crippen MR) is 50.0 cm³/mol. The molecule has 1 amide bonds. The molecule has 1 saturated carbocycles. The Morgan fingerprint density at radius 2 is 2.00 bits per heavy atom. The van der Waals surface area contributed by atoms with Crippen LogP contribution in [-0.2, 0) is 9.59 Å². The van der Waals surface area contributed by atoms with Gasteiger partial charge in [-0.3, -0.25) is 9.59 Å². The van der Waals surface area contributed by atoms with Crippen LogP contribution in [0.25, 0.3) is 0 Å². The lowest BCUT2D eigenvalue weighted by molar-refractivity contribution is -0.242. The van der Waals surface area contributed by atoms with Crippen LogP contribution in [-0.4, -0.2) is 41.1 Å². The Kier molecular flexibility index (Phi) is 2.41. The van der Waals surface area contributed by atoms with Gasteiger partial charge in [-0.15, -0.1) is 0 Å². The molecule has 0 aromatic rings. The molecule has 0 bridgehead atoms. The number of halogens is 3. The molecule has 96 valence electrons. The van der Waals surface area contributed by atoms with Gasteiger partial charge < -0.3 is 10.0 Å². The maximum atomic E-state index is 12.6. The average molecular weight is 251 g/mol. The molecular weight excluding hydrogens is 239 g/mol. The van der Waals surface area contributed by atoms with Crippen LogP contribution >= 0.6 is 0 Å². The Morgan fingerprint density at radius 3 is 2.41 bits per heavy atom. The number of carboxylic acids is 1. The quantitative estimate of drug-likeness (QED) is 0.759. The lowest BCUT2D eigenvalue weighted by atomic mass is 9.55. The number of fused-ring (bicyclic) bond motifs is 1. The second-order valence-electron chi connectivity index (χ2n) is 4.82. The molecule has 1 heterocycles. The summed E-state index contributed by atoms with van der Waals surface area (Å²) in [5, 5.41) is 9.07. The molecule has 1 aliphatic carbocycles. The van der Waals surface area contributed by atoms with Gasteiger partial charge in [-0.2, -0.15) is 13.2 Å². The molecule has 1 N–H and O–H groups in total. The van der Waals surface area contributed by atoms with E-state index in [0.717, 1.165) is 0 Å². The number of carbonyl (C=O) groups is 2. The lowest BCUT2D eigenvalue weighted by Gasteiger charge is -2.47. The third-order valence-electron chi connectivity index (χ3n) is 3.96. The standard InChI is InChI=1S/C10H12F3NO3/c1-5(15)14-3-7-6(10(11,12)13)2-9(7,4-14)8(16)17/h6-7H,2-4H2,1H3,(H,16,17)/t6-,7+,9-/m0/s1. The Balaban J connectivity index is 2.24. The van der Waals surface area contributed by atoms with Gasteiger partial charge in [0.25, 0.3) is 0 Å². The monoisotopic (exact) mass is 251 g/mol. The zero-order chi connectivity index (χ0) is 13.0. The van der Waals surface area contributed by atoms with Crippen LogP contribution in [0.2, 0.25) is 0 Å². The van der Waals surface area contributed by atoms with E-state index in [4.69, 9.17) is 5.11 Å². The second kappa shape index (κ2) is 3.36. The van der Waals surface area contributed by atoms with E-state index in [-0.39, 0.29) is 19.0 Å². The number of rotatable bonds is 1. The van der Waals surface area contributed by atoms with Crippen molar-refractivity contribution in [1.29, 1.82) is 0 Å². The van der Waals surface area contributed by atoms with Crippen molar-refractivity contribution in [3.8, 4) is 0 Å². The predicted octanol–water partition coefficient (Wildman–Crippen LogP) is 1.12. The van der Waals surface area contributed by atoms with Gasteiger partial charge in [0.1, 0.15) is 0 Å². The van der Waals surface area contributed by atoms with E-state index in [0.29, 0.717) is 0 Å². The summed E-state index contributed by atoms with van der Waals surface area (Å²) in [7, 11) is 0. The summed E-state index contributed by atoms with van der Waals surface area (Å²) >= 11 is 0. The average Bonchev–Trinajstić information content (AvgIpc) is 2.38. The maximum Gasteiger partial charge on any atom is 0.392 e. The van der Waals surface area contributed by atoms with Crippen LogP contribution < -0.4 is 0 Å². The Labute approximate surface area is 95.4 Å². The third-order valence-corrected chi connectivity index (χ3v) is 3.96. The van der Waals surface area contributed by atoms with Crippen LogP contribution in [0.4, 0.5) is 13.2 Å². The summed E-state index contributed by atoms with van der Waals surface area (Å²) < 4.78 is 37.8. The number of alkyl halides is 3. The van der Waals surface area contributed by atoms with E-state index >= 15 is 0 Å². The SMILES string of the molecule is CC(=O)N1C[C@@H]2[C@@H](C(F)(F)F)C[C@]2(C(=O)O)C1. The van der Waals surface area contributed by atoms with Crippen molar-refractivity contribution in [3.63, 3.8) is 0 Å². The minimum atomic E-state index is -4.38. The number of likely N-dealkylation sites (tertiary alicyclic amines) is 1. The van der Waals surface area contributed by atoms with Gasteiger partial charge >= 0.3 is 12.1 Å². The van der Waals surface area contributed by atoms with Gasteiger partial charge in [-0.05, 0) is 6.42 Å². The molecule has 2 aliphatic rings. The number of aliphatic carboxylic acids is 1. The zero-order valence-electron chi connectivity index (χ0n) is 9.12. The Hall–Kier alpha value is -1.27. The Morgan fingerprint density at radius 1 is 1.41 bits per heavy atom. The first-order chi connectivity index (χ1) is 7.68. The molecule has 2 rings (SSSR count). The van der Waals surface area contributed by atoms with Crippen molar-refractivity contribution in [2.45, 2.75) is 19.5 Å². The highest BCUT2D eigenvalue weighted by Crippen LogP contribution is 2.60. The van der Waals surface area contributed by atoms with Gasteiger partial charge in [0, 0.05) is 25.9 Å². The summed E-state index contributed by atoms with van der Waals surface area (Å²) in [6.07, 6.45) is -4.79. The van der Waals surface area contributed by atoms with Crippen molar-refractivity contribution in [1.82, 2.24) is 4.90 Å². The third kappa shape index (κ3) is 1.59. The summed E-state index contributed by atoms with van der Waals surface area (Å²) in [6.45, 7) is 1.03. The van der Waals surface area contributed by atoms with Crippen molar-refractivity contribution < 1.29 is 27.9 Å². The zero-order valence-corrected chi connectivity index (χ0v) is 9.12. The molecule has 17 heavy (non-hydrogen) atoms. The van der Waals surface area contributed by atoms with Crippen LogP contribution in [0.3, 0.4) is 0 Å². The smallest absolute Gasteiger partial charge is 0.392 e. The molecule has 1 aliphatic heterocycles. The molecule has 7 heteroatoms. The van der Waals surface area contributed by atoms with Crippen LogP contribution in [0.1, 0.15) is 13.3 Å². The fraction of sp³-hybridized carbons (Fsp3) is 0.800. The molecule has 1 saturated heterocycles. The molecule has 4 nitrogen and oxygen atoms in total. The first-order valence-electron chi connectivity index (χ1n) is 5.24. The number of hydrogen-bond donors (Lipinski definition) is 1. The number of amides is 1. The summed E-state index contributed by atoms with van der Waals surface area (Å²) in [4.78, 5) is 23.5. The van der Waals surface area contributed by atoms with Crippen molar-refractivity contribution in [2.24, 2.45) is 17.3 Å². The van der Waals surface area contributed by atoms with Crippen molar-refractivity contribution in [3.05, 3.63) is 0 Å². The molecule has 0 aromatic heterocycles. The highest BCUT2D eigenvalue weighted by atomic mass is 19.4. The number of nitrogens with zero attached hydrogens (tertiary/aromatic N) is 1. The fourth-order valence-electron chi connectivity index (χ4n) is 2.93. The van der Waals surface area contributed by atoms with E-state index in [1.807, 2.05) is 0 Å². The molecule has 0 radical (unpaired) electrons. The van der Waals surface area contributed by atoms with Gasteiger partial charge in [0.15, 0.2) is 0 Å². The van der Waals surface area contributed by atoms with Crippen LogP contribution in [0.15, 0.2) is 0 Å². The van der Waals surface area contributed by atoms with Crippen LogP contribution in [0, 0.1) is 17.3 Å². The second-order valence-corrected chi connectivity index (χ2v) is 4.82. The topological polar surface area (TPSA) is 57.6 Å². The highest BCUT2D eigenvalue weighted by Gasteiger charge is 2.70. The van der Waals surface area contributed by atoms with E-state index < -0.39 is 35.8 Å². The number of carbonyl (C=O) groups excluding carboxylic acids is 1. The first kappa shape index (κ1) is 12.2. The minimum Gasteiger partial charge on any atom is -0.481 e. The Bertz CT molecular complexity index is 381. The molecule has 0 spiro atoms. The molecule has 2 fully saturated rings. The number of carboxylic acid groups (broad SMARTS) is 1. The van der Waals surface area contributed by atoms with E-state index in [1.54, 1.807) is 0 Å². The number of hydrogen-bond acceptors (Lipinski definition) is 2. The van der Waals surface area contributed by atoms with Gasteiger partial charge in [0.2, 0.25) is 5.91 Å². The van der Waals surface area contributed by atoms with Crippen molar-refractivity contribution >= 4 is 11.9 Å². The fourth-order valence-corrected chi connectivity index (χ4v) is 2.93. The van der Waals surface area contributed by atoms with Crippen molar-refractivity contribution in [2.75, 3.05) is 13.1 Å². The van der Waals surface area contributed by atoms with Crippen LogP contribution in [0.5, 0.6) is 0 Å². The summed E-state index contributed by atoms with van der Waals surface area (Å²) in [5.74, 6) is -4.19. The van der Waals surface area contributed by atoms with E-state index in [1.165, 1.54) is 11.8 Å². The largest absolute Gasteiger partial charge is 0.481 e. The molecule has 0 unspecified atom stereocenters. The maximum absolute atomic E-state index is 12.6. The van der Waals surface area contributed by atoms with Gasteiger partial charge in [-0.1, -0.05) is 0 Å². The lowest BCUT2D eigenvalue weighted by Crippen LogP contribution is -2.57. The van der Waals surface area contributed by atoms with Gasteiger partial charge in [0.05, 0.1) is 11.3 Å². The van der Waals surface area contributed by atoms with E-state index in [9.17, 15) is 22.8 Å². The molecular formula is C10H12F3NO3. The summed E-state index contributed by atoms with van der Waals surface area (Å²) in [5.41, 5.74) is -1.38. The molecule has 0 aromatic carbocycles. The molecule has 3 atom stereocenters. The summed E-state index contributed by atoms with van der Waals surface area (Å²) in [6, 6.07) is 0. The normalized spacial score (nSPS) is 36.4. The highest BCUT2D eigenvalue weighted by molar-refractivity contribution is 5.81. The minimum absolute atomic E-state index is 0.102. The van der Waals surface area contributed by atoms with E-state index in [2.05, 4.69) is 0 Å².